The Labute approximate surface area is 91.4 Å². The summed E-state index contributed by atoms with van der Waals surface area (Å²) in [5.74, 6) is 0. The van der Waals surface area contributed by atoms with Gasteiger partial charge in [-0.25, -0.2) is 0 Å². The summed E-state index contributed by atoms with van der Waals surface area (Å²) in [6.07, 6.45) is 0. The number of nitrogens with two attached hydrogens (primary N) is 1. The standard InChI is InChI=1S/C7H4Br2N2S/c8-4-1-5(9)7(11)6(2-4)12-3-10/h1-2H,11H2. The lowest BCUT2D eigenvalue weighted by molar-refractivity contribution is 1.41. The molecule has 0 unspecified atom stereocenters. The van der Waals surface area contributed by atoms with Gasteiger partial charge in [-0.05, 0) is 39.8 Å². The molecule has 0 bridgehead atoms. The number of rotatable bonds is 1. The fourth-order valence-corrected chi connectivity index (χ4v) is 2.71. The van der Waals surface area contributed by atoms with Crippen LogP contribution < -0.4 is 5.73 Å². The largest absolute Gasteiger partial charge is 0.397 e. The summed E-state index contributed by atoms with van der Waals surface area (Å²) in [4.78, 5) is 0.763. The van der Waals surface area contributed by atoms with Gasteiger partial charge in [0.15, 0.2) is 0 Å². The van der Waals surface area contributed by atoms with Crippen molar-refractivity contribution in [2.45, 2.75) is 4.90 Å². The summed E-state index contributed by atoms with van der Waals surface area (Å²) in [6.45, 7) is 0. The van der Waals surface area contributed by atoms with Crippen molar-refractivity contribution in [1.82, 2.24) is 0 Å². The average Bonchev–Trinajstić information content (AvgIpc) is 2.00. The Morgan fingerprint density at radius 3 is 2.67 bits per heavy atom. The number of nitrogens with zero attached hydrogens (tertiary/aromatic N) is 1. The van der Waals surface area contributed by atoms with Crippen molar-refractivity contribution in [2.24, 2.45) is 0 Å². The predicted molar refractivity (Wildman–Crippen MR) is 57.7 cm³/mol. The van der Waals surface area contributed by atoms with Gasteiger partial charge in [-0.15, -0.1) is 0 Å². The van der Waals surface area contributed by atoms with Crippen LogP contribution in [-0.2, 0) is 0 Å². The second-order valence-corrected chi connectivity index (χ2v) is 4.59. The van der Waals surface area contributed by atoms with E-state index in [1.165, 1.54) is 0 Å². The Morgan fingerprint density at radius 2 is 2.08 bits per heavy atom. The second kappa shape index (κ2) is 4.17. The lowest BCUT2D eigenvalue weighted by atomic mass is 10.3. The van der Waals surface area contributed by atoms with E-state index in [1.807, 2.05) is 17.5 Å². The van der Waals surface area contributed by atoms with Crippen LogP contribution in [0.5, 0.6) is 0 Å². The number of benzene rings is 1. The third-order valence-electron chi connectivity index (χ3n) is 1.21. The van der Waals surface area contributed by atoms with E-state index in [0.717, 1.165) is 25.6 Å². The highest BCUT2D eigenvalue weighted by molar-refractivity contribution is 9.11. The van der Waals surface area contributed by atoms with Crippen LogP contribution in [-0.4, -0.2) is 0 Å². The van der Waals surface area contributed by atoms with E-state index in [9.17, 15) is 0 Å². The fourth-order valence-electron chi connectivity index (χ4n) is 0.695. The molecule has 0 atom stereocenters. The highest BCUT2D eigenvalue weighted by Gasteiger charge is 2.04. The molecule has 0 spiro atoms. The minimum Gasteiger partial charge on any atom is -0.397 e. The van der Waals surface area contributed by atoms with Crippen LogP contribution in [0.3, 0.4) is 0 Å². The van der Waals surface area contributed by atoms with Gasteiger partial charge in [-0.2, -0.15) is 5.26 Å². The summed E-state index contributed by atoms with van der Waals surface area (Å²) in [6, 6.07) is 3.66. The van der Waals surface area contributed by atoms with E-state index < -0.39 is 0 Å². The zero-order valence-corrected chi connectivity index (χ0v) is 9.83. The maximum absolute atomic E-state index is 8.45. The first kappa shape index (κ1) is 9.90. The number of anilines is 1. The molecule has 0 heterocycles. The van der Waals surface area contributed by atoms with Crippen molar-refractivity contribution < 1.29 is 0 Å². The quantitative estimate of drug-likeness (QED) is 0.491. The van der Waals surface area contributed by atoms with Crippen LogP contribution in [0.25, 0.3) is 0 Å². The molecule has 0 aliphatic carbocycles. The molecule has 1 aromatic rings. The number of nitrogen functional groups attached to an aromatic ring is 1. The van der Waals surface area contributed by atoms with E-state index in [-0.39, 0.29) is 0 Å². The lowest BCUT2D eigenvalue weighted by Gasteiger charge is -2.03. The number of nitriles is 1. The normalized spacial score (nSPS) is 9.42. The summed E-state index contributed by atoms with van der Waals surface area (Å²) in [5.41, 5.74) is 6.30. The minimum atomic E-state index is 0.602. The maximum atomic E-state index is 8.45. The van der Waals surface area contributed by atoms with Gasteiger partial charge in [0.05, 0.1) is 5.69 Å². The van der Waals surface area contributed by atoms with Gasteiger partial charge in [0.2, 0.25) is 0 Å². The van der Waals surface area contributed by atoms with Crippen molar-refractivity contribution in [1.29, 1.82) is 5.26 Å². The highest BCUT2D eigenvalue weighted by atomic mass is 79.9. The van der Waals surface area contributed by atoms with Gasteiger partial charge in [0.1, 0.15) is 5.40 Å². The monoisotopic (exact) mass is 306 g/mol. The van der Waals surface area contributed by atoms with Crippen LogP contribution >= 0.6 is 43.6 Å². The van der Waals surface area contributed by atoms with Crippen molar-refractivity contribution >= 4 is 49.3 Å². The Morgan fingerprint density at radius 1 is 1.42 bits per heavy atom. The van der Waals surface area contributed by atoms with Crippen molar-refractivity contribution in [3.05, 3.63) is 21.1 Å². The molecule has 2 N–H and O–H groups in total. The lowest BCUT2D eigenvalue weighted by Crippen LogP contribution is -1.89. The predicted octanol–water partition coefficient (Wildman–Crippen LogP) is 3.37. The second-order valence-electron chi connectivity index (χ2n) is 1.99. The third-order valence-corrected chi connectivity index (χ3v) is 2.97. The zero-order chi connectivity index (χ0) is 9.14. The summed E-state index contributed by atoms with van der Waals surface area (Å²) < 4.78 is 1.70. The van der Waals surface area contributed by atoms with Gasteiger partial charge in [-0.1, -0.05) is 15.9 Å². The van der Waals surface area contributed by atoms with Crippen LogP contribution in [0, 0.1) is 10.7 Å². The Bertz CT molecular complexity index is 346. The number of hydrogen-bond donors (Lipinski definition) is 1. The van der Waals surface area contributed by atoms with E-state index in [2.05, 4.69) is 31.9 Å². The molecule has 0 aliphatic heterocycles. The van der Waals surface area contributed by atoms with Crippen LogP contribution in [0.2, 0.25) is 0 Å². The number of thiocyanates is 1. The van der Waals surface area contributed by atoms with Crippen molar-refractivity contribution in [2.75, 3.05) is 5.73 Å². The first-order valence-corrected chi connectivity index (χ1v) is 5.36. The van der Waals surface area contributed by atoms with E-state index in [4.69, 9.17) is 11.0 Å². The van der Waals surface area contributed by atoms with Crippen LogP contribution in [0.1, 0.15) is 0 Å². The Balaban J connectivity index is 3.20. The molecule has 0 aromatic heterocycles. The summed E-state index contributed by atoms with van der Waals surface area (Å²) >= 11 is 7.65. The zero-order valence-electron chi connectivity index (χ0n) is 5.84. The Kier molecular flexibility index (Phi) is 3.44. The van der Waals surface area contributed by atoms with Gasteiger partial charge in [-0.3, -0.25) is 0 Å². The maximum Gasteiger partial charge on any atom is 0.138 e. The first-order chi connectivity index (χ1) is 5.65. The molecule has 0 radical (unpaired) electrons. The molecule has 0 saturated carbocycles. The number of hydrogen-bond acceptors (Lipinski definition) is 3. The molecule has 62 valence electrons. The number of halogens is 2. The fraction of sp³-hybridized carbons (Fsp3) is 0. The molecular formula is C7H4Br2N2S. The van der Waals surface area contributed by atoms with E-state index >= 15 is 0 Å². The summed E-state index contributed by atoms with van der Waals surface area (Å²) in [7, 11) is 0. The van der Waals surface area contributed by atoms with Gasteiger partial charge in [0, 0.05) is 13.8 Å². The molecule has 12 heavy (non-hydrogen) atoms. The van der Waals surface area contributed by atoms with E-state index in [0.29, 0.717) is 5.69 Å². The van der Waals surface area contributed by atoms with Gasteiger partial charge >= 0.3 is 0 Å². The highest BCUT2D eigenvalue weighted by Crippen LogP contribution is 2.33. The van der Waals surface area contributed by atoms with Gasteiger partial charge < -0.3 is 5.73 Å². The molecule has 2 nitrogen and oxygen atoms in total. The topological polar surface area (TPSA) is 49.8 Å². The smallest absolute Gasteiger partial charge is 0.138 e. The molecule has 0 fully saturated rings. The molecule has 0 amide bonds. The number of thioether (sulfide) groups is 1. The third kappa shape index (κ3) is 2.16. The van der Waals surface area contributed by atoms with E-state index in [1.54, 1.807) is 0 Å². The molecule has 1 aromatic carbocycles. The SMILES string of the molecule is N#CSc1cc(Br)cc(Br)c1N. The van der Waals surface area contributed by atoms with Crippen LogP contribution in [0.4, 0.5) is 5.69 Å². The molecule has 5 heteroatoms. The Hall–Kier alpha value is -0.180. The first-order valence-electron chi connectivity index (χ1n) is 2.95. The molecule has 0 saturated heterocycles. The molecular weight excluding hydrogens is 304 g/mol. The minimum absolute atomic E-state index is 0.602. The molecule has 0 aliphatic rings. The van der Waals surface area contributed by atoms with Crippen LogP contribution in [0.15, 0.2) is 26.0 Å². The average molecular weight is 308 g/mol. The summed E-state index contributed by atoms with van der Waals surface area (Å²) in [5, 5.41) is 10.4. The molecule has 1 rings (SSSR count). The van der Waals surface area contributed by atoms with Gasteiger partial charge in [0.25, 0.3) is 0 Å². The van der Waals surface area contributed by atoms with Crippen molar-refractivity contribution in [3.8, 4) is 5.40 Å². The van der Waals surface area contributed by atoms with Crippen molar-refractivity contribution in [3.63, 3.8) is 0 Å².